The Morgan fingerprint density at radius 1 is 1.18 bits per heavy atom. The molecule has 2 aromatic rings. The molecule has 0 spiro atoms. The standard InChI is InChI=1S/C10H8Cl3N3O/c11-4-3-9-15-16-10(17-9)14-6-1-2-7(12)8(13)5-6/h1-2,5H,3-4H2,(H,14,16). The summed E-state index contributed by atoms with van der Waals surface area (Å²) in [4.78, 5) is 0. The molecule has 0 radical (unpaired) electrons. The number of anilines is 2. The maximum Gasteiger partial charge on any atom is 0.320 e. The van der Waals surface area contributed by atoms with E-state index in [1.165, 1.54) is 0 Å². The van der Waals surface area contributed by atoms with E-state index in [4.69, 9.17) is 39.2 Å². The number of hydrogen-bond acceptors (Lipinski definition) is 4. The van der Waals surface area contributed by atoms with Crippen LogP contribution in [0.4, 0.5) is 11.7 Å². The van der Waals surface area contributed by atoms with Crippen LogP contribution in [-0.4, -0.2) is 16.1 Å². The number of hydrogen-bond donors (Lipinski definition) is 1. The van der Waals surface area contributed by atoms with Crippen LogP contribution < -0.4 is 5.32 Å². The lowest BCUT2D eigenvalue weighted by atomic mass is 10.3. The molecular formula is C10H8Cl3N3O. The molecule has 0 aliphatic carbocycles. The third-order valence-corrected chi connectivity index (χ3v) is 2.87. The molecule has 0 amide bonds. The van der Waals surface area contributed by atoms with Gasteiger partial charge in [-0.3, -0.25) is 0 Å². The first-order valence-corrected chi connectivity index (χ1v) is 6.08. The molecule has 0 atom stereocenters. The van der Waals surface area contributed by atoms with Crippen LogP contribution in [0.1, 0.15) is 5.89 Å². The van der Waals surface area contributed by atoms with Gasteiger partial charge in [-0.05, 0) is 18.2 Å². The van der Waals surface area contributed by atoms with Crippen molar-refractivity contribution < 1.29 is 4.42 Å². The van der Waals surface area contributed by atoms with Crippen molar-refractivity contribution in [2.24, 2.45) is 0 Å². The van der Waals surface area contributed by atoms with E-state index in [0.717, 1.165) is 5.69 Å². The van der Waals surface area contributed by atoms with Crippen LogP contribution in [0.3, 0.4) is 0 Å². The molecule has 0 fully saturated rings. The van der Waals surface area contributed by atoms with Crippen molar-refractivity contribution in [2.75, 3.05) is 11.2 Å². The Kier molecular flexibility index (Phi) is 4.10. The van der Waals surface area contributed by atoms with E-state index in [1.807, 2.05) is 0 Å². The van der Waals surface area contributed by atoms with E-state index in [2.05, 4.69) is 15.5 Å². The number of nitrogens with one attached hydrogen (secondary N) is 1. The maximum absolute atomic E-state index is 5.88. The van der Waals surface area contributed by atoms with Gasteiger partial charge in [0.2, 0.25) is 5.89 Å². The topological polar surface area (TPSA) is 51.0 Å². The van der Waals surface area contributed by atoms with Crippen molar-refractivity contribution in [3.63, 3.8) is 0 Å². The molecule has 0 saturated heterocycles. The van der Waals surface area contributed by atoms with E-state index in [-0.39, 0.29) is 0 Å². The summed E-state index contributed by atoms with van der Waals surface area (Å²) in [7, 11) is 0. The number of aromatic nitrogens is 2. The SMILES string of the molecule is ClCCc1nnc(Nc2ccc(Cl)c(Cl)c2)o1. The van der Waals surface area contributed by atoms with Crippen molar-refractivity contribution in [1.82, 2.24) is 10.2 Å². The van der Waals surface area contributed by atoms with Crippen molar-refractivity contribution >= 4 is 46.5 Å². The smallest absolute Gasteiger partial charge is 0.320 e. The number of benzene rings is 1. The van der Waals surface area contributed by atoms with E-state index in [9.17, 15) is 0 Å². The van der Waals surface area contributed by atoms with Crippen LogP contribution in [0.5, 0.6) is 0 Å². The molecule has 1 N–H and O–H groups in total. The molecule has 4 nitrogen and oxygen atoms in total. The molecule has 0 unspecified atom stereocenters. The summed E-state index contributed by atoms with van der Waals surface area (Å²) < 4.78 is 5.30. The molecule has 17 heavy (non-hydrogen) atoms. The Bertz CT molecular complexity index is 515. The Morgan fingerprint density at radius 3 is 2.71 bits per heavy atom. The van der Waals surface area contributed by atoms with Gasteiger partial charge in [0.1, 0.15) is 0 Å². The van der Waals surface area contributed by atoms with Crippen molar-refractivity contribution in [3.8, 4) is 0 Å². The first-order chi connectivity index (χ1) is 8.19. The second kappa shape index (κ2) is 5.58. The average Bonchev–Trinajstić information content (AvgIpc) is 2.72. The fraction of sp³-hybridized carbons (Fsp3) is 0.200. The second-order valence-corrected chi connectivity index (χ2v) is 4.39. The van der Waals surface area contributed by atoms with Gasteiger partial charge < -0.3 is 9.73 Å². The van der Waals surface area contributed by atoms with Gasteiger partial charge in [-0.15, -0.1) is 16.7 Å². The minimum Gasteiger partial charge on any atom is -0.408 e. The summed E-state index contributed by atoms with van der Waals surface area (Å²) >= 11 is 17.2. The van der Waals surface area contributed by atoms with Crippen LogP contribution in [0, 0.1) is 0 Å². The zero-order valence-corrected chi connectivity index (χ0v) is 10.9. The molecule has 0 aliphatic rings. The Labute approximate surface area is 113 Å². The third-order valence-electron chi connectivity index (χ3n) is 1.95. The van der Waals surface area contributed by atoms with E-state index < -0.39 is 0 Å². The minimum absolute atomic E-state index is 0.295. The quantitative estimate of drug-likeness (QED) is 0.868. The summed E-state index contributed by atoms with van der Waals surface area (Å²) in [6, 6.07) is 5.42. The highest BCUT2D eigenvalue weighted by Crippen LogP contribution is 2.26. The van der Waals surface area contributed by atoms with Crippen LogP contribution in [0.15, 0.2) is 22.6 Å². The van der Waals surface area contributed by atoms with Gasteiger partial charge in [0.05, 0.1) is 10.0 Å². The Morgan fingerprint density at radius 2 is 2.00 bits per heavy atom. The summed E-state index contributed by atoms with van der Waals surface area (Å²) in [5.41, 5.74) is 0.723. The molecule has 0 saturated carbocycles. The zero-order chi connectivity index (χ0) is 12.3. The Hall–Kier alpha value is -0.970. The first-order valence-electron chi connectivity index (χ1n) is 4.79. The number of aryl methyl sites for hydroxylation is 1. The van der Waals surface area contributed by atoms with Gasteiger partial charge in [-0.2, -0.15) is 0 Å². The summed E-state index contributed by atoms with van der Waals surface area (Å²) in [5, 5.41) is 11.5. The monoisotopic (exact) mass is 291 g/mol. The van der Waals surface area contributed by atoms with Gasteiger partial charge in [-0.25, -0.2) is 0 Å². The minimum atomic E-state index is 0.295. The second-order valence-electron chi connectivity index (χ2n) is 3.19. The summed E-state index contributed by atoms with van der Waals surface area (Å²) in [6.07, 6.45) is 0.539. The van der Waals surface area contributed by atoms with Gasteiger partial charge in [-0.1, -0.05) is 28.3 Å². The zero-order valence-electron chi connectivity index (χ0n) is 8.58. The predicted octanol–water partition coefficient (Wildman–Crippen LogP) is 3.90. The number of alkyl halides is 1. The Balaban J connectivity index is 2.11. The highest BCUT2D eigenvalue weighted by molar-refractivity contribution is 6.42. The normalized spacial score (nSPS) is 10.5. The fourth-order valence-corrected chi connectivity index (χ4v) is 1.64. The third kappa shape index (κ3) is 3.25. The average molecular weight is 293 g/mol. The molecule has 1 heterocycles. The van der Waals surface area contributed by atoms with E-state index in [0.29, 0.717) is 34.3 Å². The highest BCUT2D eigenvalue weighted by Gasteiger charge is 2.06. The van der Waals surface area contributed by atoms with Crippen LogP contribution in [-0.2, 0) is 6.42 Å². The number of nitrogens with zero attached hydrogens (tertiary/aromatic N) is 2. The lowest BCUT2D eigenvalue weighted by molar-refractivity contribution is 0.516. The van der Waals surface area contributed by atoms with Gasteiger partial charge >= 0.3 is 6.01 Å². The van der Waals surface area contributed by atoms with Crippen molar-refractivity contribution in [2.45, 2.75) is 6.42 Å². The van der Waals surface area contributed by atoms with E-state index >= 15 is 0 Å². The van der Waals surface area contributed by atoms with Crippen molar-refractivity contribution in [3.05, 3.63) is 34.1 Å². The summed E-state index contributed by atoms with van der Waals surface area (Å²) in [5.74, 6) is 0.927. The van der Waals surface area contributed by atoms with Gasteiger partial charge in [0.25, 0.3) is 0 Å². The van der Waals surface area contributed by atoms with E-state index in [1.54, 1.807) is 18.2 Å². The van der Waals surface area contributed by atoms with Gasteiger partial charge in [0, 0.05) is 18.0 Å². The molecule has 90 valence electrons. The molecule has 0 bridgehead atoms. The van der Waals surface area contributed by atoms with Crippen LogP contribution in [0.25, 0.3) is 0 Å². The number of rotatable bonds is 4. The lowest BCUT2D eigenvalue weighted by Gasteiger charge is -2.02. The predicted molar refractivity (Wildman–Crippen MR) is 68.5 cm³/mol. The fourth-order valence-electron chi connectivity index (χ4n) is 1.18. The molecule has 0 aliphatic heterocycles. The van der Waals surface area contributed by atoms with Crippen LogP contribution in [0.2, 0.25) is 10.0 Å². The van der Waals surface area contributed by atoms with Gasteiger partial charge in [0.15, 0.2) is 0 Å². The number of halogens is 3. The lowest BCUT2D eigenvalue weighted by Crippen LogP contribution is -1.90. The first kappa shape index (κ1) is 12.5. The molecule has 1 aromatic carbocycles. The molecule has 1 aromatic heterocycles. The highest BCUT2D eigenvalue weighted by atomic mass is 35.5. The molecule has 7 heteroatoms. The van der Waals surface area contributed by atoms with Crippen LogP contribution >= 0.6 is 34.8 Å². The summed E-state index contributed by atoms with van der Waals surface area (Å²) in [6.45, 7) is 0. The maximum atomic E-state index is 5.88. The molecular weight excluding hydrogens is 284 g/mol. The molecule has 2 rings (SSSR count). The van der Waals surface area contributed by atoms with Crippen molar-refractivity contribution in [1.29, 1.82) is 0 Å². The largest absolute Gasteiger partial charge is 0.408 e.